The molecule has 0 fully saturated rings. The van der Waals surface area contributed by atoms with E-state index < -0.39 is 11.5 Å². The summed E-state index contributed by atoms with van der Waals surface area (Å²) in [5.41, 5.74) is -0.644. The lowest BCUT2D eigenvalue weighted by atomic mass is 9.92. The van der Waals surface area contributed by atoms with Crippen LogP contribution in [-0.2, 0) is 18.9 Å². The summed E-state index contributed by atoms with van der Waals surface area (Å²) in [5.74, 6) is 0. The van der Waals surface area contributed by atoms with Crippen molar-refractivity contribution >= 4 is 18.9 Å². The molecule has 0 unspecified atom stereocenters. The highest BCUT2D eigenvalue weighted by molar-refractivity contribution is 7.78. The Balaban J connectivity index is 4.81. The van der Waals surface area contributed by atoms with Gasteiger partial charge in [0, 0.05) is 0 Å². The van der Waals surface area contributed by atoms with Crippen LogP contribution in [0.2, 0.25) is 0 Å². The number of hydrogen-bond acceptors (Lipinski definition) is 6. The molecule has 0 rings (SSSR count). The molecule has 1 amide bonds. The molecule has 0 aliphatic rings. The van der Waals surface area contributed by atoms with E-state index in [0.717, 1.165) is 0 Å². The van der Waals surface area contributed by atoms with Gasteiger partial charge in [-0.2, -0.15) is 0 Å². The monoisotopic (exact) mass is 331 g/mol. The number of ether oxygens (including phenoxy) is 4. The molecule has 0 bridgehead atoms. The maximum atomic E-state index is 11.3. The average molecular weight is 331 g/mol. The molecule has 0 saturated carbocycles. The summed E-state index contributed by atoms with van der Waals surface area (Å²) in [5, 5.41) is 0. The molecule has 0 aromatic carbocycles. The highest BCUT2D eigenvalue weighted by atomic mass is 32.1. The zero-order valence-corrected chi connectivity index (χ0v) is 13.7. The predicted octanol–water partition coefficient (Wildman–Crippen LogP) is 2.15. The van der Waals surface area contributed by atoms with Crippen molar-refractivity contribution in [3.63, 3.8) is 0 Å². The number of amides is 1. The van der Waals surface area contributed by atoms with E-state index in [4.69, 9.17) is 18.9 Å². The minimum Gasteiger partial charge on any atom is -0.448 e. The molecular weight excluding hydrogens is 306 g/mol. The normalized spacial score (nSPS) is 10.8. The fourth-order valence-corrected chi connectivity index (χ4v) is 1.64. The Hall–Kier alpha value is -1.28. The predicted molar refractivity (Wildman–Crippen MR) is 89.0 cm³/mol. The van der Waals surface area contributed by atoms with E-state index in [9.17, 15) is 4.79 Å². The highest BCUT2D eigenvalue weighted by Gasteiger charge is 2.33. The van der Waals surface area contributed by atoms with Gasteiger partial charge in [-0.1, -0.05) is 31.0 Å². The third kappa shape index (κ3) is 9.62. The number of thiol groups is 1. The van der Waals surface area contributed by atoms with Crippen molar-refractivity contribution in [2.24, 2.45) is 5.41 Å². The van der Waals surface area contributed by atoms with Crippen molar-refractivity contribution in [2.75, 3.05) is 46.2 Å². The fraction of sp³-hybridized carbons (Fsp3) is 0.533. The zero-order valence-electron chi connectivity index (χ0n) is 12.8. The largest absolute Gasteiger partial charge is 0.448 e. The van der Waals surface area contributed by atoms with E-state index >= 15 is 0 Å². The molecule has 1 N–H and O–H groups in total. The first kappa shape index (κ1) is 20.7. The second-order valence-electron chi connectivity index (χ2n) is 4.60. The van der Waals surface area contributed by atoms with Crippen LogP contribution in [0.25, 0.3) is 0 Å². The van der Waals surface area contributed by atoms with Crippen molar-refractivity contribution in [3.8, 4) is 0 Å². The second kappa shape index (κ2) is 13.4. The van der Waals surface area contributed by atoms with Crippen LogP contribution in [0.1, 0.15) is 0 Å². The van der Waals surface area contributed by atoms with E-state index in [1.807, 2.05) is 0 Å². The van der Waals surface area contributed by atoms with Crippen LogP contribution in [0.4, 0.5) is 4.79 Å². The molecule has 0 saturated heterocycles. The van der Waals surface area contributed by atoms with Gasteiger partial charge in [-0.05, 0) is 0 Å². The van der Waals surface area contributed by atoms with Gasteiger partial charge in [-0.15, -0.1) is 19.7 Å². The van der Waals surface area contributed by atoms with Crippen LogP contribution >= 0.6 is 12.8 Å². The van der Waals surface area contributed by atoms with Gasteiger partial charge in [0.25, 0.3) is 0 Å². The maximum absolute atomic E-state index is 11.3. The van der Waals surface area contributed by atoms with Gasteiger partial charge in [0.2, 0.25) is 0 Å². The van der Waals surface area contributed by atoms with Crippen LogP contribution < -0.4 is 4.72 Å². The van der Waals surface area contributed by atoms with Gasteiger partial charge in [0.15, 0.2) is 0 Å². The van der Waals surface area contributed by atoms with E-state index in [-0.39, 0.29) is 26.4 Å². The Morgan fingerprint density at radius 3 is 1.64 bits per heavy atom. The van der Waals surface area contributed by atoms with Crippen LogP contribution in [-0.4, -0.2) is 52.3 Å². The summed E-state index contributed by atoms with van der Waals surface area (Å²) >= 11 is 3.64. The molecule has 0 aromatic heterocycles. The third-order valence-electron chi connectivity index (χ3n) is 2.53. The van der Waals surface area contributed by atoms with Gasteiger partial charge in [0.05, 0.1) is 45.1 Å². The van der Waals surface area contributed by atoms with Crippen LogP contribution in [0.3, 0.4) is 0 Å². The van der Waals surface area contributed by atoms with Gasteiger partial charge >= 0.3 is 6.09 Å². The highest BCUT2D eigenvalue weighted by Crippen LogP contribution is 2.21. The Morgan fingerprint density at radius 2 is 1.32 bits per heavy atom. The summed E-state index contributed by atoms with van der Waals surface area (Å²) in [6.45, 7) is 12.8. The summed E-state index contributed by atoms with van der Waals surface area (Å²) < 4.78 is 23.8. The van der Waals surface area contributed by atoms with Crippen molar-refractivity contribution in [2.45, 2.75) is 0 Å². The first-order valence-electron chi connectivity index (χ1n) is 6.77. The van der Waals surface area contributed by atoms with Crippen molar-refractivity contribution in [1.82, 2.24) is 4.72 Å². The smallest absolute Gasteiger partial charge is 0.417 e. The van der Waals surface area contributed by atoms with E-state index in [0.29, 0.717) is 19.8 Å². The topological polar surface area (TPSA) is 66.0 Å². The Kier molecular flexibility index (Phi) is 12.6. The minimum absolute atomic E-state index is 0.0603. The number of hydrogen-bond donors (Lipinski definition) is 2. The van der Waals surface area contributed by atoms with E-state index in [1.54, 1.807) is 18.2 Å². The van der Waals surface area contributed by atoms with Crippen LogP contribution in [0.5, 0.6) is 0 Å². The first-order chi connectivity index (χ1) is 10.6. The molecule has 0 heterocycles. The van der Waals surface area contributed by atoms with Crippen LogP contribution in [0, 0.1) is 5.41 Å². The zero-order chi connectivity index (χ0) is 16.7. The van der Waals surface area contributed by atoms with Gasteiger partial charge < -0.3 is 18.9 Å². The van der Waals surface area contributed by atoms with Gasteiger partial charge in [-0.25, -0.2) is 4.79 Å². The lowest BCUT2D eigenvalue weighted by Crippen LogP contribution is -2.43. The van der Waals surface area contributed by atoms with Crippen molar-refractivity contribution in [1.29, 1.82) is 0 Å². The summed E-state index contributed by atoms with van der Waals surface area (Å²) in [4.78, 5) is 11.3. The Labute approximate surface area is 137 Å². The number of nitrogens with one attached hydrogen (secondary N) is 1. The summed E-state index contributed by atoms with van der Waals surface area (Å²) in [6, 6.07) is 0. The second-order valence-corrected chi connectivity index (χ2v) is 4.82. The Bertz CT molecular complexity index is 313. The van der Waals surface area contributed by atoms with E-state index in [2.05, 4.69) is 37.3 Å². The number of carbonyl (C=O) groups excluding carboxylic acids is 1. The number of rotatable bonds is 14. The van der Waals surface area contributed by atoms with Gasteiger partial charge in [0.1, 0.15) is 6.61 Å². The quantitative estimate of drug-likeness (QED) is 0.290. The van der Waals surface area contributed by atoms with Crippen molar-refractivity contribution in [3.05, 3.63) is 38.0 Å². The Morgan fingerprint density at radius 1 is 0.909 bits per heavy atom. The molecule has 22 heavy (non-hydrogen) atoms. The average Bonchev–Trinajstić information content (AvgIpc) is 2.53. The summed E-state index contributed by atoms with van der Waals surface area (Å²) in [6.07, 6.45) is 4.27. The molecule has 126 valence electrons. The molecular formula is C15H25NO5S. The van der Waals surface area contributed by atoms with Crippen LogP contribution in [0.15, 0.2) is 38.0 Å². The molecule has 0 atom stereocenters. The molecule has 0 aliphatic carbocycles. The first-order valence-corrected chi connectivity index (χ1v) is 7.21. The number of carbonyl (C=O) groups is 1. The minimum atomic E-state index is -0.649. The SMILES string of the molecule is C=CCOCC(COCC=C)(COCC=C)COC(=O)NS. The molecule has 7 heteroatoms. The van der Waals surface area contributed by atoms with Gasteiger partial charge in [-0.3, -0.25) is 4.72 Å². The lowest BCUT2D eigenvalue weighted by molar-refractivity contribution is -0.0835. The molecule has 6 nitrogen and oxygen atoms in total. The molecule has 0 spiro atoms. The maximum Gasteiger partial charge on any atom is 0.417 e. The molecule has 0 aromatic rings. The summed E-state index contributed by atoms with van der Waals surface area (Å²) in [7, 11) is 0. The fourth-order valence-electron chi connectivity index (χ4n) is 1.58. The lowest BCUT2D eigenvalue weighted by Gasteiger charge is -2.32. The van der Waals surface area contributed by atoms with E-state index in [1.165, 1.54) is 0 Å². The third-order valence-corrected chi connectivity index (χ3v) is 2.72. The van der Waals surface area contributed by atoms with Crippen molar-refractivity contribution < 1.29 is 23.7 Å². The standard InChI is InChI=1S/C15H25NO5S/c1-4-7-18-10-15(11-19-8-5-2,12-20-9-6-3)13-21-14(17)16-22/h4-6,22H,1-3,7-13H2,(H,16,17). The molecule has 0 aliphatic heterocycles. The molecule has 0 radical (unpaired) electrons.